The van der Waals surface area contributed by atoms with E-state index in [1.54, 1.807) is 0 Å². The zero-order valence-corrected chi connectivity index (χ0v) is 30.1. The minimum atomic E-state index is -0.976. The van der Waals surface area contributed by atoms with Crippen LogP contribution in [0, 0.1) is 6.92 Å². The largest absolute Gasteiger partial charge is 0.478 e. The highest BCUT2D eigenvalue weighted by molar-refractivity contribution is 6.16. The number of benzene rings is 8. The molecular formula is C49H38O4. The van der Waals surface area contributed by atoms with Gasteiger partial charge in [0.15, 0.2) is 0 Å². The third kappa shape index (κ3) is 6.02. The molecular weight excluding hydrogens is 653 g/mol. The zero-order valence-electron chi connectivity index (χ0n) is 30.1. The molecule has 4 heteroatoms. The van der Waals surface area contributed by atoms with Crippen molar-refractivity contribution in [2.75, 3.05) is 0 Å². The summed E-state index contributed by atoms with van der Waals surface area (Å²) < 4.78 is 0. The Labute approximate surface area is 308 Å². The molecule has 0 unspecified atom stereocenters. The Kier molecular flexibility index (Phi) is 8.19. The van der Waals surface area contributed by atoms with Crippen LogP contribution in [0.2, 0.25) is 0 Å². The number of aromatic carboxylic acids is 2. The van der Waals surface area contributed by atoms with E-state index in [2.05, 4.69) is 57.2 Å². The standard InChI is InChI=1S/C49H38O4/c1-29-11-13-31(14-12-29)41-25-21-33-7-5-9-39(43(33)45(41)47(50)51)35-17-15-30-16-18-36(28-37(30)27-35)40-10-6-8-34-22-26-42(46(44(34)40)48(52)53)32-19-23-38(24-20-32)49(2,3)4/h5-28H,1-4H3,(H,50,51)(H,52,53). The lowest BCUT2D eigenvalue weighted by atomic mass is 9.85. The van der Waals surface area contributed by atoms with Gasteiger partial charge < -0.3 is 10.2 Å². The first kappa shape index (κ1) is 33.6. The summed E-state index contributed by atoms with van der Waals surface area (Å²) in [5.74, 6) is -1.95. The first-order valence-electron chi connectivity index (χ1n) is 17.8. The molecule has 0 aromatic heterocycles. The molecule has 8 rings (SSSR count). The van der Waals surface area contributed by atoms with Gasteiger partial charge in [0, 0.05) is 10.8 Å². The molecule has 8 aromatic carbocycles. The summed E-state index contributed by atoms with van der Waals surface area (Å²) in [6.45, 7) is 8.51. The van der Waals surface area contributed by atoms with E-state index in [0.29, 0.717) is 21.9 Å². The molecule has 0 saturated heterocycles. The van der Waals surface area contributed by atoms with Gasteiger partial charge in [-0.15, -0.1) is 0 Å². The molecule has 0 heterocycles. The number of hydrogen-bond donors (Lipinski definition) is 2. The fourth-order valence-corrected chi connectivity index (χ4v) is 7.63. The van der Waals surface area contributed by atoms with Crippen LogP contribution in [0.1, 0.15) is 52.6 Å². The highest BCUT2D eigenvalue weighted by Gasteiger charge is 2.22. The maximum atomic E-state index is 13.1. The summed E-state index contributed by atoms with van der Waals surface area (Å²) in [5, 5.41) is 26.4. The van der Waals surface area contributed by atoms with Crippen molar-refractivity contribution in [1.29, 1.82) is 0 Å². The van der Waals surface area contributed by atoms with Gasteiger partial charge in [0.2, 0.25) is 0 Å². The van der Waals surface area contributed by atoms with Gasteiger partial charge in [-0.2, -0.15) is 0 Å². The normalized spacial score (nSPS) is 11.7. The van der Waals surface area contributed by atoms with Crippen molar-refractivity contribution in [3.63, 3.8) is 0 Å². The van der Waals surface area contributed by atoms with Crippen LogP contribution in [0.5, 0.6) is 0 Å². The molecule has 53 heavy (non-hydrogen) atoms. The van der Waals surface area contributed by atoms with Gasteiger partial charge in [0.05, 0.1) is 11.1 Å². The number of hydrogen-bond acceptors (Lipinski definition) is 2. The lowest BCUT2D eigenvalue weighted by molar-refractivity contribution is 0.0689. The van der Waals surface area contributed by atoms with E-state index in [0.717, 1.165) is 60.5 Å². The quantitative estimate of drug-likeness (QED) is 0.182. The monoisotopic (exact) mass is 690 g/mol. The van der Waals surface area contributed by atoms with Gasteiger partial charge in [0.1, 0.15) is 0 Å². The van der Waals surface area contributed by atoms with Gasteiger partial charge in [-0.3, -0.25) is 0 Å². The first-order valence-corrected chi connectivity index (χ1v) is 17.8. The Hall–Kier alpha value is -6.52. The summed E-state index contributed by atoms with van der Waals surface area (Å²) in [6.07, 6.45) is 0. The molecule has 0 bridgehead atoms. The molecule has 4 nitrogen and oxygen atoms in total. The number of fused-ring (bicyclic) bond motifs is 3. The Morgan fingerprint density at radius 1 is 0.434 bits per heavy atom. The van der Waals surface area contributed by atoms with E-state index in [1.807, 2.05) is 116 Å². The summed E-state index contributed by atoms with van der Waals surface area (Å²) in [7, 11) is 0. The van der Waals surface area contributed by atoms with E-state index in [-0.39, 0.29) is 16.5 Å². The highest BCUT2D eigenvalue weighted by atomic mass is 16.4. The van der Waals surface area contributed by atoms with E-state index < -0.39 is 11.9 Å². The van der Waals surface area contributed by atoms with Crippen LogP contribution in [0.4, 0.5) is 0 Å². The van der Waals surface area contributed by atoms with Gasteiger partial charge in [-0.25, -0.2) is 9.59 Å². The Morgan fingerprint density at radius 2 is 0.849 bits per heavy atom. The van der Waals surface area contributed by atoms with Crippen LogP contribution in [0.15, 0.2) is 146 Å². The zero-order chi connectivity index (χ0) is 37.0. The number of aryl methyl sites for hydroxylation is 1. The van der Waals surface area contributed by atoms with Crippen molar-refractivity contribution in [3.05, 3.63) is 168 Å². The molecule has 0 saturated carbocycles. The van der Waals surface area contributed by atoms with Crippen molar-refractivity contribution in [3.8, 4) is 44.5 Å². The number of carboxylic acid groups (broad SMARTS) is 2. The van der Waals surface area contributed by atoms with Gasteiger partial charge >= 0.3 is 11.9 Å². The van der Waals surface area contributed by atoms with Crippen molar-refractivity contribution in [1.82, 2.24) is 0 Å². The molecule has 0 amide bonds. The van der Waals surface area contributed by atoms with Crippen LogP contribution in [-0.2, 0) is 5.41 Å². The van der Waals surface area contributed by atoms with Crippen molar-refractivity contribution < 1.29 is 19.8 Å². The van der Waals surface area contributed by atoms with E-state index in [9.17, 15) is 19.8 Å². The van der Waals surface area contributed by atoms with Crippen LogP contribution < -0.4 is 0 Å². The molecule has 258 valence electrons. The molecule has 0 aliphatic heterocycles. The predicted molar refractivity (Wildman–Crippen MR) is 218 cm³/mol. The fraction of sp³-hybridized carbons (Fsp3) is 0.102. The minimum Gasteiger partial charge on any atom is -0.478 e. The lowest BCUT2D eigenvalue weighted by Crippen LogP contribution is -2.10. The fourth-order valence-electron chi connectivity index (χ4n) is 7.63. The molecule has 8 aromatic rings. The van der Waals surface area contributed by atoms with Crippen LogP contribution in [-0.4, -0.2) is 22.2 Å². The van der Waals surface area contributed by atoms with E-state index >= 15 is 0 Å². The Balaban J connectivity index is 1.30. The van der Waals surface area contributed by atoms with E-state index in [1.165, 1.54) is 5.56 Å². The van der Waals surface area contributed by atoms with Crippen molar-refractivity contribution in [2.45, 2.75) is 33.1 Å². The van der Waals surface area contributed by atoms with E-state index in [4.69, 9.17) is 0 Å². The molecule has 0 aliphatic carbocycles. The molecule has 0 fully saturated rings. The number of carbonyl (C=O) groups is 2. The Bertz CT molecular complexity index is 2750. The summed E-state index contributed by atoms with van der Waals surface area (Å²) >= 11 is 0. The number of carboxylic acids is 2. The maximum absolute atomic E-state index is 13.1. The molecule has 0 aliphatic rings. The average Bonchev–Trinajstić information content (AvgIpc) is 3.16. The Morgan fingerprint density at radius 3 is 1.28 bits per heavy atom. The van der Waals surface area contributed by atoms with Crippen LogP contribution >= 0.6 is 0 Å². The molecule has 0 spiro atoms. The molecule has 0 atom stereocenters. The van der Waals surface area contributed by atoms with Gasteiger partial charge in [-0.1, -0.05) is 160 Å². The van der Waals surface area contributed by atoms with Crippen molar-refractivity contribution >= 4 is 44.3 Å². The summed E-state index contributed by atoms with van der Waals surface area (Å²) in [4.78, 5) is 26.1. The SMILES string of the molecule is Cc1ccc(-c2ccc3cccc(-c4ccc5ccc(-c6cccc7ccc(-c8ccc(C(C)(C)C)cc8)c(C(=O)O)c67)cc5c4)c3c2C(=O)O)cc1. The first-order chi connectivity index (χ1) is 25.5. The second-order valence-electron chi connectivity index (χ2n) is 14.9. The van der Waals surface area contributed by atoms with Crippen LogP contribution in [0.25, 0.3) is 76.8 Å². The topological polar surface area (TPSA) is 74.6 Å². The second-order valence-corrected chi connectivity index (χ2v) is 14.9. The van der Waals surface area contributed by atoms with Gasteiger partial charge in [0.25, 0.3) is 0 Å². The minimum absolute atomic E-state index is 0.0167. The predicted octanol–water partition coefficient (Wildman–Crippen LogP) is 12.8. The highest BCUT2D eigenvalue weighted by Crippen LogP contribution is 2.41. The maximum Gasteiger partial charge on any atom is 0.336 e. The van der Waals surface area contributed by atoms with Crippen LogP contribution in [0.3, 0.4) is 0 Å². The summed E-state index contributed by atoms with van der Waals surface area (Å²) in [6, 6.07) is 48.2. The third-order valence-corrected chi connectivity index (χ3v) is 10.4. The summed E-state index contributed by atoms with van der Waals surface area (Å²) in [5.41, 5.74) is 9.36. The van der Waals surface area contributed by atoms with Crippen molar-refractivity contribution in [2.24, 2.45) is 0 Å². The molecule has 0 radical (unpaired) electrons. The third-order valence-electron chi connectivity index (χ3n) is 10.4. The second kappa shape index (κ2) is 12.9. The van der Waals surface area contributed by atoms with Gasteiger partial charge in [-0.05, 0) is 96.1 Å². The smallest absolute Gasteiger partial charge is 0.336 e. The lowest BCUT2D eigenvalue weighted by Gasteiger charge is -2.20. The average molecular weight is 691 g/mol. The molecule has 2 N–H and O–H groups in total. The number of rotatable bonds is 6.